The fourth-order valence-corrected chi connectivity index (χ4v) is 1.62. The van der Waals surface area contributed by atoms with E-state index in [2.05, 4.69) is 33.7 Å². The van der Waals surface area contributed by atoms with E-state index in [0.29, 0.717) is 5.95 Å². The molecular weight excluding hydrogens is 252 g/mol. The minimum atomic E-state index is 0.0158. The van der Waals surface area contributed by atoms with E-state index in [0.717, 1.165) is 25.9 Å². The number of unbranched alkanes of at least 4 members (excludes halogenated alkanes) is 1. The highest BCUT2D eigenvalue weighted by Gasteiger charge is 2.12. The Hall–Kier alpha value is -1.10. The van der Waals surface area contributed by atoms with Crippen LogP contribution in [0.4, 0.5) is 5.95 Å². The summed E-state index contributed by atoms with van der Waals surface area (Å²) in [4.78, 5) is 14.5. The van der Waals surface area contributed by atoms with Gasteiger partial charge in [0.15, 0.2) is 0 Å². The molecule has 0 aliphatic rings. The third-order valence-corrected chi connectivity index (χ3v) is 2.53. The highest BCUT2D eigenvalue weighted by atomic mass is 35.5. The summed E-state index contributed by atoms with van der Waals surface area (Å²) in [6, 6.07) is 0.287. The largest absolute Gasteiger partial charge is 0.461 e. The molecule has 1 heterocycles. The van der Waals surface area contributed by atoms with Gasteiger partial charge in [-0.3, -0.25) is 0 Å². The summed E-state index contributed by atoms with van der Waals surface area (Å²) in [5.41, 5.74) is 0. The first-order valence-electron chi connectivity index (χ1n) is 6.40. The van der Waals surface area contributed by atoms with Crippen LogP contribution in [0.15, 0.2) is 0 Å². The number of aromatic nitrogens is 3. The molecule has 1 aromatic heterocycles. The van der Waals surface area contributed by atoms with Crippen LogP contribution in [0.2, 0.25) is 5.28 Å². The summed E-state index contributed by atoms with van der Waals surface area (Å²) in [6.07, 6.45) is 2.24. The molecule has 0 spiro atoms. The Balaban J connectivity index is 2.88. The van der Waals surface area contributed by atoms with Gasteiger partial charge in [0.1, 0.15) is 0 Å². The average Bonchev–Trinajstić information content (AvgIpc) is 2.28. The summed E-state index contributed by atoms with van der Waals surface area (Å²) < 4.78 is 5.46. The standard InChI is InChI=1S/C12H21ClN4O/c1-5-7-8-17(6-2)11-14-10(13)15-12(16-11)18-9(3)4/h9H,5-8H2,1-4H3. The van der Waals surface area contributed by atoms with E-state index >= 15 is 0 Å². The van der Waals surface area contributed by atoms with Gasteiger partial charge in [0.25, 0.3) is 0 Å². The second kappa shape index (κ2) is 7.36. The predicted octanol–water partition coefficient (Wildman–Crippen LogP) is 2.94. The van der Waals surface area contributed by atoms with E-state index in [1.54, 1.807) is 0 Å². The molecule has 6 heteroatoms. The summed E-state index contributed by atoms with van der Waals surface area (Å²) in [6.45, 7) is 9.81. The first-order valence-corrected chi connectivity index (χ1v) is 6.77. The van der Waals surface area contributed by atoms with Crippen molar-refractivity contribution in [2.45, 2.75) is 46.6 Å². The van der Waals surface area contributed by atoms with Gasteiger partial charge in [-0.2, -0.15) is 15.0 Å². The van der Waals surface area contributed by atoms with Crippen molar-refractivity contribution in [1.29, 1.82) is 0 Å². The van der Waals surface area contributed by atoms with E-state index < -0.39 is 0 Å². The molecule has 0 bridgehead atoms. The lowest BCUT2D eigenvalue weighted by atomic mass is 10.3. The normalized spacial score (nSPS) is 10.8. The molecule has 102 valence electrons. The lowest BCUT2D eigenvalue weighted by Crippen LogP contribution is -2.26. The first-order chi connectivity index (χ1) is 8.56. The fourth-order valence-electron chi connectivity index (χ4n) is 1.48. The molecule has 0 radical (unpaired) electrons. The van der Waals surface area contributed by atoms with Crippen LogP contribution in [-0.4, -0.2) is 34.1 Å². The summed E-state index contributed by atoms with van der Waals surface area (Å²) in [5, 5.41) is 0.172. The van der Waals surface area contributed by atoms with Crippen LogP contribution in [0.1, 0.15) is 40.5 Å². The Morgan fingerprint density at radius 3 is 2.50 bits per heavy atom. The number of anilines is 1. The van der Waals surface area contributed by atoms with Crippen molar-refractivity contribution in [2.75, 3.05) is 18.0 Å². The molecule has 1 aromatic rings. The Bertz CT molecular complexity index is 373. The SMILES string of the molecule is CCCCN(CC)c1nc(Cl)nc(OC(C)C)n1. The third kappa shape index (κ3) is 4.64. The molecule has 0 atom stereocenters. The van der Waals surface area contributed by atoms with Gasteiger partial charge in [-0.1, -0.05) is 13.3 Å². The molecule has 0 saturated heterocycles. The Kier molecular flexibility index (Phi) is 6.12. The molecule has 0 aliphatic carbocycles. The molecule has 18 heavy (non-hydrogen) atoms. The van der Waals surface area contributed by atoms with Crippen molar-refractivity contribution < 1.29 is 4.74 Å². The first kappa shape index (κ1) is 15.0. The minimum Gasteiger partial charge on any atom is -0.461 e. The van der Waals surface area contributed by atoms with Crippen molar-refractivity contribution in [3.63, 3.8) is 0 Å². The second-order valence-electron chi connectivity index (χ2n) is 4.29. The van der Waals surface area contributed by atoms with E-state index in [1.807, 2.05) is 13.8 Å². The number of halogens is 1. The van der Waals surface area contributed by atoms with Crippen molar-refractivity contribution in [3.8, 4) is 6.01 Å². The molecule has 0 aliphatic heterocycles. The molecule has 1 rings (SSSR count). The summed E-state index contributed by atoms with van der Waals surface area (Å²) in [5.74, 6) is 0.585. The highest BCUT2D eigenvalue weighted by Crippen LogP contribution is 2.16. The second-order valence-corrected chi connectivity index (χ2v) is 4.62. The molecule has 0 amide bonds. The zero-order chi connectivity index (χ0) is 13.5. The van der Waals surface area contributed by atoms with Gasteiger partial charge in [-0.15, -0.1) is 0 Å². The van der Waals surface area contributed by atoms with Crippen molar-refractivity contribution in [3.05, 3.63) is 5.28 Å². The zero-order valence-corrected chi connectivity index (χ0v) is 12.2. The van der Waals surface area contributed by atoms with Gasteiger partial charge in [0, 0.05) is 13.1 Å². The van der Waals surface area contributed by atoms with Crippen molar-refractivity contribution in [1.82, 2.24) is 15.0 Å². The molecule has 0 fully saturated rings. The number of rotatable bonds is 7. The fraction of sp³-hybridized carbons (Fsp3) is 0.750. The van der Waals surface area contributed by atoms with Crippen molar-refractivity contribution in [2.24, 2.45) is 0 Å². The zero-order valence-electron chi connectivity index (χ0n) is 11.5. The number of hydrogen-bond acceptors (Lipinski definition) is 5. The summed E-state index contributed by atoms with van der Waals surface area (Å²) >= 11 is 5.90. The lowest BCUT2D eigenvalue weighted by Gasteiger charge is -2.20. The van der Waals surface area contributed by atoms with Gasteiger partial charge < -0.3 is 9.64 Å². The minimum absolute atomic E-state index is 0.0158. The van der Waals surface area contributed by atoms with Gasteiger partial charge in [0.2, 0.25) is 11.2 Å². The average molecular weight is 273 g/mol. The van der Waals surface area contributed by atoms with Gasteiger partial charge >= 0.3 is 6.01 Å². The maximum absolute atomic E-state index is 5.90. The van der Waals surface area contributed by atoms with Crippen LogP contribution in [0.3, 0.4) is 0 Å². The van der Waals surface area contributed by atoms with Crippen LogP contribution in [-0.2, 0) is 0 Å². The third-order valence-electron chi connectivity index (χ3n) is 2.36. The number of nitrogens with zero attached hydrogens (tertiary/aromatic N) is 4. The van der Waals surface area contributed by atoms with E-state index in [4.69, 9.17) is 16.3 Å². The monoisotopic (exact) mass is 272 g/mol. The lowest BCUT2D eigenvalue weighted by molar-refractivity contribution is 0.221. The topological polar surface area (TPSA) is 51.1 Å². The Morgan fingerprint density at radius 2 is 1.94 bits per heavy atom. The van der Waals surface area contributed by atoms with E-state index in [-0.39, 0.29) is 17.4 Å². The smallest absolute Gasteiger partial charge is 0.322 e. The number of hydrogen-bond donors (Lipinski definition) is 0. The highest BCUT2D eigenvalue weighted by molar-refractivity contribution is 6.28. The Morgan fingerprint density at radius 1 is 1.22 bits per heavy atom. The van der Waals surface area contributed by atoms with Crippen LogP contribution < -0.4 is 9.64 Å². The van der Waals surface area contributed by atoms with Gasteiger partial charge in [-0.05, 0) is 38.8 Å². The molecule has 0 aromatic carbocycles. The van der Waals surface area contributed by atoms with Gasteiger partial charge in [0.05, 0.1) is 6.10 Å². The van der Waals surface area contributed by atoms with Gasteiger partial charge in [-0.25, -0.2) is 0 Å². The maximum Gasteiger partial charge on any atom is 0.322 e. The molecule has 0 saturated carbocycles. The van der Waals surface area contributed by atoms with Crippen molar-refractivity contribution >= 4 is 17.5 Å². The van der Waals surface area contributed by atoms with E-state index in [9.17, 15) is 0 Å². The van der Waals surface area contributed by atoms with Crippen LogP contribution in [0, 0.1) is 0 Å². The Labute approximate surface area is 114 Å². The van der Waals surface area contributed by atoms with Crippen LogP contribution in [0.25, 0.3) is 0 Å². The maximum atomic E-state index is 5.90. The molecule has 0 N–H and O–H groups in total. The quantitative estimate of drug-likeness (QED) is 0.764. The van der Waals surface area contributed by atoms with E-state index in [1.165, 1.54) is 0 Å². The molecule has 0 unspecified atom stereocenters. The molecule has 5 nitrogen and oxygen atoms in total. The predicted molar refractivity (Wildman–Crippen MR) is 73.4 cm³/mol. The number of ether oxygens (including phenoxy) is 1. The summed E-state index contributed by atoms with van der Waals surface area (Å²) in [7, 11) is 0. The van der Waals surface area contributed by atoms with Crippen LogP contribution in [0.5, 0.6) is 6.01 Å². The van der Waals surface area contributed by atoms with Crippen LogP contribution >= 0.6 is 11.6 Å². The molecular formula is C12H21ClN4O.